The van der Waals surface area contributed by atoms with E-state index in [4.69, 9.17) is 0 Å². The zero-order valence-electron chi connectivity index (χ0n) is 7.17. The molecule has 4 nitrogen and oxygen atoms in total. The van der Waals surface area contributed by atoms with Gasteiger partial charge in [-0.1, -0.05) is 18.2 Å². The molecule has 0 bridgehead atoms. The van der Waals surface area contributed by atoms with Crippen molar-refractivity contribution in [1.29, 1.82) is 0 Å². The third kappa shape index (κ3) is 1.46. The Labute approximate surface area is 81.2 Å². The van der Waals surface area contributed by atoms with E-state index in [1.807, 2.05) is 0 Å². The number of aliphatic imine (C=N–C) groups is 1. The molecule has 14 heavy (non-hydrogen) atoms. The highest BCUT2D eigenvalue weighted by atomic mass is 32.2. The first-order valence-corrected chi connectivity index (χ1v) is 5.63. The van der Waals surface area contributed by atoms with Crippen LogP contribution in [-0.4, -0.2) is 26.3 Å². The molecule has 1 aromatic carbocycles. The molecule has 1 aromatic rings. The van der Waals surface area contributed by atoms with E-state index in [0.717, 1.165) is 0 Å². The van der Waals surface area contributed by atoms with E-state index in [-0.39, 0.29) is 4.90 Å². The summed E-state index contributed by atoms with van der Waals surface area (Å²) in [5.74, 6) is -1.17. The summed E-state index contributed by atoms with van der Waals surface area (Å²) in [7, 11) is -3.50. The monoisotopic (exact) mass is 209 g/mol. The Balaban J connectivity index is 2.72. The van der Waals surface area contributed by atoms with Gasteiger partial charge in [0, 0.05) is 11.8 Å². The maximum absolute atomic E-state index is 11.6. The Bertz CT molecular complexity index is 517. The minimum Gasteiger partial charge on any atom is -0.271 e. The summed E-state index contributed by atoms with van der Waals surface area (Å²) in [6.45, 7) is 0. The highest BCUT2D eigenvalue weighted by Crippen LogP contribution is 2.17. The molecule has 0 aliphatic carbocycles. The molecule has 0 spiro atoms. The van der Waals surface area contributed by atoms with Crippen molar-refractivity contribution in [2.75, 3.05) is 5.75 Å². The molecule has 1 amide bonds. The van der Waals surface area contributed by atoms with Crippen molar-refractivity contribution in [3.8, 4) is 0 Å². The molecule has 5 heteroatoms. The van der Waals surface area contributed by atoms with Crippen molar-refractivity contribution >= 4 is 22.0 Å². The number of fused-ring (bicyclic) bond motifs is 1. The molecule has 1 aliphatic heterocycles. The Kier molecular flexibility index (Phi) is 1.96. The lowest BCUT2D eigenvalue weighted by molar-refractivity contribution is -0.115. The second-order valence-corrected chi connectivity index (χ2v) is 4.91. The summed E-state index contributed by atoms with van der Waals surface area (Å²) in [4.78, 5) is 14.7. The van der Waals surface area contributed by atoms with Crippen LogP contribution in [0, 0.1) is 0 Å². The highest BCUT2D eigenvalue weighted by Gasteiger charge is 2.23. The fourth-order valence-electron chi connectivity index (χ4n) is 1.29. The summed E-state index contributed by atoms with van der Waals surface area (Å²) in [6.07, 6.45) is 1.29. The van der Waals surface area contributed by atoms with Crippen molar-refractivity contribution in [2.45, 2.75) is 4.90 Å². The van der Waals surface area contributed by atoms with Crippen LogP contribution in [0.3, 0.4) is 0 Å². The molecule has 72 valence electrons. The fourth-order valence-corrected chi connectivity index (χ4v) is 2.61. The quantitative estimate of drug-likeness (QED) is 0.622. The van der Waals surface area contributed by atoms with Crippen LogP contribution < -0.4 is 0 Å². The minimum absolute atomic E-state index is 0.176. The van der Waals surface area contributed by atoms with Crippen molar-refractivity contribution in [3.05, 3.63) is 29.8 Å². The zero-order chi connectivity index (χ0) is 10.2. The average molecular weight is 209 g/mol. The number of nitrogens with zero attached hydrogens (tertiary/aromatic N) is 1. The largest absolute Gasteiger partial charge is 0.271 e. The van der Waals surface area contributed by atoms with Gasteiger partial charge in [0.25, 0.3) is 5.91 Å². The van der Waals surface area contributed by atoms with Gasteiger partial charge in [0.1, 0.15) is 5.75 Å². The van der Waals surface area contributed by atoms with E-state index in [2.05, 4.69) is 4.99 Å². The minimum atomic E-state index is -3.50. The molecule has 0 radical (unpaired) electrons. The summed E-state index contributed by atoms with van der Waals surface area (Å²) in [5.41, 5.74) is 0.471. The van der Waals surface area contributed by atoms with Gasteiger partial charge in [-0.05, 0) is 6.07 Å². The number of carbonyl (C=O) groups is 1. The Hall–Kier alpha value is -1.49. The number of rotatable bonds is 0. The second-order valence-electron chi connectivity index (χ2n) is 2.95. The lowest BCUT2D eigenvalue weighted by atomic mass is 10.2. The van der Waals surface area contributed by atoms with Crippen LogP contribution in [0.15, 0.2) is 34.2 Å². The predicted octanol–water partition coefficient (Wildman–Crippen LogP) is 0.419. The molecule has 0 saturated heterocycles. The topological polar surface area (TPSA) is 63.6 Å². The van der Waals surface area contributed by atoms with Crippen LogP contribution in [0.25, 0.3) is 0 Å². The maximum Gasteiger partial charge on any atom is 0.261 e. The Morgan fingerprint density at radius 1 is 1.21 bits per heavy atom. The molecule has 0 saturated carbocycles. The van der Waals surface area contributed by atoms with E-state index < -0.39 is 21.5 Å². The van der Waals surface area contributed by atoms with E-state index in [1.165, 1.54) is 12.3 Å². The lowest BCUT2D eigenvalue weighted by Crippen LogP contribution is -2.12. The van der Waals surface area contributed by atoms with Crippen LogP contribution in [0.2, 0.25) is 0 Å². The smallest absolute Gasteiger partial charge is 0.261 e. The predicted molar refractivity (Wildman–Crippen MR) is 51.1 cm³/mol. The molecule has 1 heterocycles. The first-order chi connectivity index (χ1) is 6.59. The van der Waals surface area contributed by atoms with Gasteiger partial charge in [0.15, 0.2) is 9.84 Å². The molecule has 1 aliphatic rings. The van der Waals surface area contributed by atoms with Gasteiger partial charge in [-0.25, -0.2) is 13.4 Å². The molecule has 2 rings (SSSR count). The molecule has 0 fully saturated rings. The van der Waals surface area contributed by atoms with E-state index in [0.29, 0.717) is 5.56 Å². The summed E-state index contributed by atoms with van der Waals surface area (Å²) >= 11 is 0. The third-order valence-corrected chi connectivity index (χ3v) is 3.58. The number of hydrogen-bond donors (Lipinski definition) is 0. The standard InChI is InChI=1S/C9H7NO3S/c11-9-6-14(12,13)8-4-2-1-3-7(8)5-10-9/h1-5H,6H2. The first-order valence-electron chi connectivity index (χ1n) is 3.98. The fraction of sp³-hybridized carbons (Fsp3) is 0.111. The van der Waals surface area contributed by atoms with Gasteiger partial charge in [-0.15, -0.1) is 0 Å². The van der Waals surface area contributed by atoms with Gasteiger partial charge in [-0.2, -0.15) is 0 Å². The molecular weight excluding hydrogens is 202 g/mol. The number of amides is 1. The van der Waals surface area contributed by atoms with Crippen LogP contribution in [0.5, 0.6) is 0 Å². The van der Waals surface area contributed by atoms with Crippen LogP contribution in [0.1, 0.15) is 5.56 Å². The van der Waals surface area contributed by atoms with Gasteiger partial charge in [-0.3, -0.25) is 4.79 Å². The normalized spacial score (nSPS) is 18.7. The van der Waals surface area contributed by atoms with Gasteiger partial charge in [0.05, 0.1) is 4.90 Å². The van der Waals surface area contributed by atoms with Gasteiger partial charge >= 0.3 is 0 Å². The van der Waals surface area contributed by atoms with Crippen LogP contribution in [-0.2, 0) is 14.6 Å². The molecule has 0 N–H and O–H groups in total. The first kappa shape index (κ1) is 9.08. The highest BCUT2D eigenvalue weighted by molar-refractivity contribution is 7.92. The van der Waals surface area contributed by atoms with Gasteiger partial charge < -0.3 is 0 Å². The van der Waals surface area contributed by atoms with Crippen LogP contribution >= 0.6 is 0 Å². The van der Waals surface area contributed by atoms with E-state index in [1.54, 1.807) is 18.2 Å². The summed E-state index contributed by atoms with van der Waals surface area (Å²) < 4.78 is 23.2. The van der Waals surface area contributed by atoms with Crippen molar-refractivity contribution in [1.82, 2.24) is 0 Å². The van der Waals surface area contributed by atoms with Crippen molar-refractivity contribution < 1.29 is 13.2 Å². The van der Waals surface area contributed by atoms with Gasteiger partial charge in [0.2, 0.25) is 0 Å². The van der Waals surface area contributed by atoms with E-state index in [9.17, 15) is 13.2 Å². The summed E-state index contributed by atoms with van der Waals surface area (Å²) in [5, 5.41) is 0. The van der Waals surface area contributed by atoms with Crippen molar-refractivity contribution in [3.63, 3.8) is 0 Å². The number of carbonyl (C=O) groups excluding carboxylic acids is 1. The molecule has 0 atom stereocenters. The van der Waals surface area contributed by atoms with E-state index >= 15 is 0 Å². The molecule has 0 unspecified atom stereocenters. The third-order valence-electron chi connectivity index (χ3n) is 1.92. The number of hydrogen-bond acceptors (Lipinski definition) is 3. The maximum atomic E-state index is 11.6. The zero-order valence-corrected chi connectivity index (χ0v) is 7.99. The summed E-state index contributed by atoms with van der Waals surface area (Å²) in [6, 6.07) is 6.43. The SMILES string of the molecule is O=C1CS(=O)(=O)c2ccccc2C=N1. The average Bonchev–Trinajstić information content (AvgIpc) is 2.24. The number of sulfone groups is 1. The Morgan fingerprint density at radius 3 is 2.71 bits per heavy atom. The molecule has 0 aromatic heterocycles. The van der Waals surface area contributed by atoms with Crippen LogP contribution in [0.4, 0.5) is 0 Å². The molecular formula is C9H7NO3S. The Morgan fingerprint density at radius 2 is 1.93 bits per heavy atom. The van der Waals surface area contributed by atoms with Crippen molar-refractivity contribution in [2.24, 2.45) is 4.99 Å². The number of benzene rings is 1. The second kappa shape index (κ2) is 3.02. The lowest BCUT2D eigenvalue weighted by Gasteiger charge is -2.01.